The molecule has 1 atom stereocenters. The standard InChI is InChI=1S/C14H15FN4S/c1-8-3-4-10(7-11(8)15)9(2)19-14-12(13(16)20)17-5-6-18-14/h3-7,9H,1-2H3,(H2,16,20)(H,18,19). The monoisotopic (exact) mass is 290 g/mol. The number of hydrogen-bond donors (Lipinski definition) is 2. The Morgan fingerprint density at radius 1 is 1.35 bits per heavy atom. The molecule has 0 aliphatic rings. The third kappa shape index (κ3) is 3.08. The second-order valence-corrected chi connectivity index (χ2v) is 4.93. The molecule has 0 radical (unpaired) electrons. The summed E-state index contributed by atoms with van der Waals surface area (Å²) in [5.74, 6) is 0.262. The van der Waals surface area contributed by atoms with Crippen LogP contribution in [0.1, 0.15) is 29.8 Å². The molecule has 0 amide bonds. The van der Waals surface area contributed by atoms with Crippen molar-refractivity contribution in [3.63, 3.8) is 0 Å². The van der Waals surface area contributed by atoms with Crippen molar-refractivity contribution in [1.82, 2.24) is 9.97 Å². The summed E-state index contributed by atoms with van der Waals surface area (Å²) in [4.78, 5) is 8.43. The molecule has 6 heteroatoms. The van der Waals surface area contributed by atoms with E-state index in [0.29, 0.717) is 17.1 Å². The van der Waals surface area contributed by atoms with Gasteiger partial charge in [0.15, 0.2) is 5.82 Å². The molecule has 1 aromatic heterocycles. The summed E-state index contributed by atoms with van der Waals surface area (Å²) in [6.45, 7) is 3.63. The van der Waals surface area contributed by atoms with Crippen molar-refractivity contribution in [3.05, 3.63) is 53.2 Å². The summed E-state index contributed by atoms with van der Waals surface area (Å²) in [6.07, 6.45) is 3.07. The summed E-state index contributed by atoms with van der Waals surface area (Å²) in [5, 5.41) is 3.15. The number of aryl methyl sites for hydroxylation is 1. The van der Waals surface area contributed by atoms with E-state index in [9.17, 15) is 4.39 Å². The van der Waals surface area contributed by atoms with E-state index in [1.54, 1.807) is 19.2 Å². The van der Waals surface area contributed by atoms with E-state index < -0.39 is 0 Å². The Morgan fingerprint density at radius 3 is 2.70 bits per heavy atom. The average molecular weight is 290 g/mol. The Bertz CT molecular complexity index is 645. The van der Waals surface area contributed by atoms with Crippen LogP contribution in [0.15, 0.2) is 30.6 Å². The summed E-state index contributed by atoms with van der Waals surface area (Å²) in [5.41, 5.74) is 7.46. The van der Waals surface area contributed by atoms with Gasteiger partial charge in [-0.3, -0.25) is 0 Å². The van der Waals surface area contributed by atoms with Gasteiger partial charge in [-0.2, -0.15) is 0 Å². The minimum atomic E-state index is -0.232. The number of thiocarbonyl (C=S) groups is 1. The highest BCUT2D eigenvalue weighted by Gasteiger charge is 2.13. The lowest BCUT2D eigenvalue weighted by molar-refractivity contribution is 0.614. The van der Waals surface area contributed by atoms with Crippen molar-refractivity contribution >= 4 is 23.0 Å². The fourth-order valence-electron chi connectivity index (χ4n) is 1.79. The van der Waals surface area contributed by atoms with Crippen molar-refractivity contribution in [1.29, 1.82) is 0 Å². The first-order chi connectivity index (χ1) is 9.49. The van der Waals surface area contributed by atoms with E-state index in [1.165, 1.54) is 12.3 Å². The fourth-order valence-corrected chi connectivity index (χ4v) is 1.94. The highest BCUT2D eigenvalue weighted by Crippen LogP contribution is 2.21. The fraction of sp³-hybridized carbons (Fsp3) is 0.214. The van der Waals surface area contributed by atoms with Crippen LogP contribution in [0, 0.1) is 12.7 Å². The largest absolute Gasteiger partial charge is 0.388 e. The average Bonchev–Trinajstić information content (AvgIpc) is 2.42. The van der Waals surface area contributed by atoms with Crippen LogP contribution >= 0.6 is 12.2 Å². The molecule has 0 bridgehead atoms. The summed E-state index contributed by atoms with van der Waals surface area (Å²) < 4.78 is 13.6. The number of hydrogen-bond acceptors (Lipinski definition) is 4. The second kappa shape index (κ2) is 5.92. The first-order valence-corrected chi connectivity index (χ1v) is 6.53. The van der Waals surface area contributed by atoms with E-state index in [2.05, 4.69) is 15.3 Å². The van der Waals surface area contributed by atoms with Crippen LogP contribution in [0.3, 0.4) is 0 Å². The number of benzene rings is 1. The normalized spacial score (nSPS) is 11.9. The van der Waals surface area contributed by atoms with Gasteiger partial charge in [0.05, 0.1) is 6.04 Å². The van der Waals surface area contributed by atoms with Gasteiger partial charge in [-0.15, -0.1) is 0 Å². The van der Waals surface area contributed by atoms with Gasteiger partial charge in [0.1, 0.15) is 16.5 Å². The molecule has 4 nitrogen and oxygen atoms in total. The molecular weight excluding hydrogens is 275 g/mol. The zero-order valence-corrected chi connectivity index (χ0v) is 12.0. The van der Waals surface area contributed by atoms with Gasteiger partial charge in [-0.05, 0) is 31.0 Å². The Morgan fingerprint density at radius 2 is 2.05 bits per heavy atom. The molecule has 0 fully saturated rings. The van der Waals surface area contributed by atoms with Crippen molar-refractivity contribution in [2.45, 2.75) is 19.9 Å². The van der Waals surface area contributed by atoms with Gasteiger partial charge in [0.25, 0.3) is 0 Å². The zero-order valence-electron chi connectivity index (χ0n) is 11.2. The predicted octanol–water partition coefficient (Wildman–Crippen LogP) is 2.73. The molecule has 0 saturated carbocycles. The highest BCUT2D eigenvalue weighted by atomic mass is 32.1. The summed E-state index contributed by atoms with van der Waals surface area (Å²) >= 11 is 4.93. The molecule has 0 aliphatic carbocycles. The molecule has 1 aromatic carbocycles. The minimum absolute atomic E-state index is 0.144. The van der Waals surface area contributed by atoms with Crippen LogP contribution in [0.25, 0.3) is 0 Å². The number of nitrogens with one attached hydrogen (secondary N) is 1. The van der Waals surface area contributed by atoms with E-state index in [1.807, 2.05) is 13.0 Å². The molecule has 20 heavy (non-hydrogen) atoms. The Kier molecular flexibility index (Phi) is 4.24. The van der Waals surface area contributed by atoms with Gasteiger partial charge in [-0.1, -0.05) is 24.4 Å². The molecule has 1 unspecified atom stereocenters. The third-order valence-electron chi connectivity index (χ3n) is 2.98. The van der Waals surface area contributed by atoms with Crippen LogP contribution in [0.5, 0.6) is 0 Å². The van der Waals surface area contributed by atoms with Crippen LogP contribution < -0.4 is 11.1 Å². The lowest BCUT2D eigenvalue weighted by Gasteiger charge is -2.17. The molecule has 0 spiro atoms. The van der Waals surface area contributed by atoms with Crippen molar-refractivity contribution in [2.75, 3.05) is 5.32 Å². The van der Waals surface area contributed by atoms with E-state index in [4.69, 9.17) is 18.0 Å². The maximum absolute atomic E-state index is 13.6. The van der Waals surface area contributed by atoms with Gasteiger partial charge in [0.2, 0.25) is 0 Å². The summed E-state index contributed by atoms with van der Waals surface area (Å²) in [7, 11) is 0. The Labute approximate surface area is 122 Å². The van der Waals surface area contributed by atoms with Crippen LogP contribution in [0.2, 0.25) is 0 Å². The SMILES string of the molecule is Cc1ccc(C(C)Nc2nccnc2C(N)=S)cc1F. The Balaban J connectivity index is 2.25. The van der Waals surface area contributed by atoms with Crippen LogP contribution in [0.4, 0.5) is 10.2 Å². The number of aromatic nitrogens is 2. The van der Waals surface area contributed by atoms with Gasteiger partial charge in [-0.25, -0.2) is 14.4 Å². The molecular formula is C14H15FN4S. The van der Waals surface area contributed by atoms with E-state index >= 15 is 0 Å². The van der Waals surface area contributed by atoms with Crippen molar-refractivity contribution in [2.24, 2.45) is 5.73 Å². The lowest BCUT2D eigenvalue weighted by Crippen LogP contribution is -2.18. The smallest absolute Gasteiger partial charge is 0.155 e. The van der Waals surface area contributed by atoms with Crippen molar-refractivity contribution < 1.29 is 4.39 Å². The molecule has 2 rings (SSSR count). The molecule has 104 valence electrons. The quantitative estimate of drug-likeness (QED) is 0.848. The van der Waals surface area contributed by atoms with Crippen molar-refractivity contribution in [3.8, 4) is 0 Å². The molecule has 0 aliphatic heterocycles. The molecule has 0 saturated heterocycles. The van der Waals surface area contributed by atoms with E-state index in [0.717, 1.165) is 5.56 Å². The maximum Gasteiger partial charge on any atom is 0.155 e. The molecule has 3 N–H and O–H groups in total. The number of nitrogens with zero attached hydrogens (tertiary/aromatic N) is 2. The van der Waals surface area contributed by atoms with Crippen LogP contribution in [-0.4, -0.2) is 15.0 Å². The number of halogens is 1. The van der Waals surface area contributed by atoms with Gasteiger partial charge in [0, 0.05) is 12.4 Å². The topological polar surface area (TPSA) is 63.8 Å². The summed E-state index contributed by atoms with van der Waals surface area (Å²) in [6, 6.07) is 4.97. The minimum Gasteiger partial charge on any atom is -0.388 e. The molecule has 1 heterocycles. The first kappa shape index (κ1) is 14.3. The van der Waals surface area contributed by atoms with Crippen LogP contribution in [-0.2, 0) is 0 Å². The zero-order chi connectivity index (χ0) is 14.7. The predicted molar refractivity (Wildman–Crippen MR) is 81.1 cm³/mol. The lowest BCUT2D eigenvalue weighted by atomic mass is 10.1. The van der Waals surface area contributed by atoms with Gasteiger partial charge < -0.3 is 11.1 Å². The number of rotatable bonds is 4. The highest BCUT2D eigenvalue weighted by molar-refractivity contribution is 7.80. The number of nitrogens with two attached hydrogens (primary N) is 1. The Hall–Kier alpha value is -2.08. The van der Waals surface area contributed by atoms with Gasteiger partial charge >= 0.3 is 0 Å². The first-order valence-electron chi connectivity index (χ1n) is 6.12. The molecule has 2 aromatic rings. The number of anilines is 1. The second-order valence-electron chi connectivity index (χ2n) is 4.49. The maximum atomic E-state index is 13.6. The third-order valence-corrected chi connectivity index (χ3v) is 3.17. The van der Waals surface area contributed by atoms with E-state index in [-0.39, 0.29) is 16.8 Å².